The van der Waals surface area contributed by atoms with Crippen molar-refractivity contribution in [1.29, 1.82) is 0 Å². The first-order chi connectivity index (χ1) is 14.8. The van der Waals surface area contributed by atoms with Gasteiger partial charge in [-0.25, -0.2) is 8.78 Å². The molecule has 1 aliphatic carbocycles. The van der Waals surface area contributed by atoms with Crippen LogP contribution < -0.4 is 5.32 Å². The Kier molecular flexibility index (Phi) is 6.07. The van der Waals surface area contributed by atoms with E-state index in [0.717, 1.165) is 37.8 Å². The van der Waals surface area contributed by atoms with Crippen LogP contribution in [0.15, 0.2) is 28.8 Å². The highest BCUT2D eigenvalue weighted by molar-refractivity contribution is 5.97. The molecule has 8 heteroatoms. The first-order valence-electron chi connectivity index (χ1n) is 10.9. The fraction of sp³-hybridized carbons (Fsp3) is 0.522. The van der Waals surface area contributed by atoms with Gasteiger partial charge in [-0.15, -0.1) is 0 Å². The number of halogens is 2. The number of piperazine rings is 1. The van der Waals surface area contributed by atoms with Crippen molar-refractivity contribution in [1.82, 2.24) is 15.4 Å². The Bertz CT molecular complexity index is 969. The summed E-state index contributed by atoms with van der Waals surface area (Å²) in [6, 6.07) is 3.78. The predicted molar refractivity (Wildman–Crippen MR) is 110 cm³/mol. The smallest absolute Gasteiger partial charge is 0.276 e. The Morgan fingerprint density at radius 1 is 1.26 bits per heavy atom. The number of carbonyl (C=O) groups excluding carboxylic acids is 2. The lowest BCUT2D eigenvalue weighted by molar-refractivity contribution is -0.130. The van der Waals surface area contributed by atoms with Gasteiger partial charge in [0.05, 0.1) is 5.56 Å². The summed E-state index contributed by atoms with van der Waals surface area (Å²) in [5.41, 5.74) is 0.0271. The van der Waals surface area contributed by atoms with Gasteiger partial charge in [0.15, 0.2) is 11.5 Å². The number of nitrogens with zero attached hydrogens (tertiary/aromatic N) is 2. The molecule has 0 bridgehead atoms. The van der Waals surface area contributed by atoms with Crippen LogP contribution in [-0.2, 0) is 4.79 Å². The zero-order chi connectivity index (χ0) is 22.1. The molecular formula is C23H27F2N3O3. The van der Waals surface area contributed by atoms with Gasteiger partial charge in [-0.2, -0.15) is 0 Å². The molecule has 6 nitrogen and oxygen atoms in total. The average Bonchev–Trinajstić information content (AvgIpc) is 3.40. The molecule has 2 heterocycles. The van der Waals surface area contributed by atoms with Gasteiger partial charge in [-0.1, -0.05) is 31.8 Å². The van der Waals surface area contributed by atoms with Crippen molar-refractivity contribution in [2.75, 3.05) is 6.54 Å². The summed E-state index contributed by atoms with van der Waals surface area (Å²) >= 11 is 0. The van der Waals surface area contributed by atoms with Gasteiger partial charge in [-0.05, 0) is 43.2 Å². The zero-order valence-corrected chi connectivity index (χ0v) is 17.7. The largest absolute Gasteiger partial charge is 0.355 e. The molecule has 0 spiro atoms. The van der Waals surface area contributed by atoms with Gasteiger partial charge >= 0.3 is 0 Å². The molecule has 0 radical (unpaired) electrons. The second-order valence-corrected chi connectivity index (χ2v) is 8.96. The monoisotopic (exact) mass is 431 g/mol. The van der Waals surface area contributed by atoms with Crippen molar-refractivity contribution in [3.63, 3.8) is 0 Å². The van der Waals surface area contributed by atoms with E-state index in [2.05, 4.69) is 10.5 Å². The van der Waals surface area contributed by atoms with Gasteiger partial charge in [0.1, 0.15) is 17.7 Å². The van der Waals surface area contributed by atoms with Gasteiger partial charge < -0.3 is 14.7 Å². The summed E-state index contributed by atoms with van der Waals surface area (Å²) in [7, 11) is 0. The predicted octanol–water partition coefficient (Wildman–Crippen LogP) is 4.17. The molecular weight excluding hydrogens is 404 g/mol. The van der Waals surface area contributed by atoms with E-state index in [4.69, 9.17) is 4.52 Å². The Balaban J connectivity index is 1.60. The standard InChI is InChI=1S/C23H27F2N3O3/c1-13(2)9-20-22(29)26-19(14-5-3-4-6-14)12-28(20)23(30)18-11-21(31-27-18)16-8-7-15(24)10-17(16)25/h7-8,10-11,13-14,19-20H,3-6,9,12H2,1-2H3,(H,26,29). The van der Waals surface area contributed by atoms with Crippen molar-refractivity contribution >= 4 is 11.8 Å². The maximum absolute atomic E-state index is 14.1. The van der Waals surface area contributed by atoms with Crippen LogP contribution in [0.25, 0.3) is 11.3 Å². The Morgan fingerprint density at radius 3 is 2.68 bits per heavy atom. The van der Waals surface area contributed by atoms with Crippen LogP contribution in [-0.4, -0.2) is 40.5 Å². The van der Waals surface area contributed by atoms with E-state index in [-0.39, 0.29) is 34.9 Å². The lowest BCUT2D eigenvalue weighted by atomic mass is 9.91. The Hall–Kier alpha value is -2.77. The summed E-state index contributed by atoms with van der Waals surface area (Å²) in [6.07, 6.45) is 4.89. The van der Waals surface area contributed by atoms with Gasteiger partial charge in [-0.3, -0.25) is 9.59 Å². The van der Waals surface area contributed by atoms with Crippen LogP contribution in [0.4, 0.5) is 8.78 Å². The highest BCUT2D eigenvalue weighted by Crippen LogP contribution is 2.32. The van der Waals surface area contributed by atoms with Crippen molar-refractivity contribution < 1.29 is 22.9 Å². The molecule has 2 aliphatic rings. The average molecular weight is 431 g/mol. The summed E-state index contributed by atoms with van der Waals surface area (Å²) in [6.45, 7) is 4.43. The molecule has 1 aliphatic heterocycles. The number of hydrogen-bond donors (Lipinski definition) is 1. The second-order valence-electron chi connectivity index (χ2n) is 8.96. The minimum absolute atomic E-state index is 0.00681. The first kappa shape index (κ1) is 21.5. The van der Waals surface area contributed by atoms with Crippen molar-refractivity contribution in [2.45, 2.75) is 58.0 Å². The molecule has 1 saturated carbocycles. The molecule has 1 saturated heterocycles. The minimum Gasteiger partial charge on any atom is -0.355 e. The third-order valence-electron chi connectivity index (χ3n) is 6.25. The van der Waals surface area contributed by atoms with Crippen LogP contribution >= 0.6 is 0 Å². The minimum atomic E-state index is -0.800. The van der Waals surface area contributed by atoms with Crippen LogP contribution in [0.2, 0.25) is 0 Å². The maximum Gasteiger partial charge on any atom is 0.276 e. The Morgan fingerprint density at radius 2 is 2.00 bits per heavy atom. The SMILES string of the molecule is CC(C)CC1C(=O)NC(C2CCCC2)CN1C(=O)c1cc(-c2ccc(F)cc2F)on1. The summed E-state index contributed by atoms with van der Waals surface area (Å²) in [5.74, 6) is -1.44. The normalized spacial score (nSPS) is 22.2. The Labute approximate surface area is 180 Å². The van der Waals surface area contributed by atoms with E-state index >= 15 is 0 Å². The maximum atomic E-state index is 14.1. The number of carbonyl (C=O) groups is 2. The highest BCUT2D eigenvalue weighted by atomic mass is 19.1. The lowest BCUT2D eigenvalue weighted by Crippen LogP contribution is -2.63. The van der Waals surface area contributed by atoms with Crippen LogP contribution in [0, 0.1) is 23.5 Å². The summed E-state index contributed by atoms with van der Waals surface area (Å²) in [4.78, 5) is 27.9. The first-order valence-corrected chi connectivity index (χ1v) is 10.9. The molecule has 2 unspecified atom stereocenters. The van der Waals surface area contributed by atoms with E-state index in [1.165, 1.54) is 12.1 Å². The van der Waals surface area contributed by atoms with Crippen molar-refractivity contribution in [2.24, 2.45) is 11.8 Å². The third-order valence-corrected chi connectivity index (χ3v) is 6.25. The fourth-order valence-electron chi connectivity index (χ4n) is 4.68. The van der Waals surface area contributed by atoms with Gasteiger partial charge in [0.25, 0.3) is 5.91 Å². The number of amides is 2. The molecule has 1 aromatic carbocycles. The molecule has 1 N–H and O–H groups in total. The molecule has 4 rings (SSSR count). The van der Waals surface area contributed by atoms with Crippen LogP contribution in [0.5, 0.6) is 0 Å². The quantitative estimate of drug-likeness (QED) is 0.771. The second kappa shape index (κ2) is 8.77. The van der Waals surface area contributed by atoms with Crippen LogP contribution in [0.3, 0.4) is 0 Å². The molecule has 166 valence electrons. The molecule has 2 atom stereocenters. The summed E-state index contributed by atoms with van der Waals surface area (Å²) < 4.78 is 32.5. The fourth-order valence-corrected chi connectivity index (χ4v) is 4.68. The van der Waals surface area contributed by atoms with E-state index in [1.54, 1.807) is 4.90 Å². The number of aromatic nitrogens is 1. The number of benzene rings is 1. The van der Waals surface area contributed by atoms with E-state index < -0.39 is 23.6 Å². The number of rotatable bonds is 5. The van der Waals surface area contributed by atoms with Gasteiger partial charge in [0, 0.05) is 24.7 Å². The van der Waals surface area contributed by atoms with E-state index in [1.807, 2.05) is 13.8 Å². The van der Waals surface area contributed by atoms with Gasteiger partial charge in [0.2, 0.25) is 5.91 Å². The molecule has 1 aromatic heterocycles. The summed E-state index contributed by atoms with van der Waals surface area (Å²) in [5, 5.41) is 6.97. The molecule has 2 fully saturated rings. The number of nitrogens with one attached hydrogen (secondary N) is 1. The topological polar surface area (TPSA) is 75.4 Å². The molecule has 31 heavy (non-hydrogen) atoms. The van der Waals surface area contributed by atoms with E-state index in [0.29, 0.717) is 18.9 Å². The lowest BCUT2D eigenvalue weighted by Gasteiger charge is -2.41. The van der Waals surface area contributed by atoms with Crippen molar-refractivity contribution in [3.05, 3.63) is 41.6 Å². The molecule has 2 amide bonds. The molecule has 2 aromatic rings. The van der Waals surface area contributed by atoms with Crippen LogP contribution in [0.1, 0.15) is 56.4 Å². The third kappa shape index (κ3) is 4.48. The van der Waals surface area contributed by atoms with E-state index in [9.17, 15) is 18.4 Å². The highest BCUT2D eigenvalue weighted by Gasteiger charge is 2.41. The van der Waals surface area contributed by atoms with Crippen molar-refractivity contribution in [3.8, 4) is 11.3 Å². The zero-order valence-electron chi connectivity index (χ0n) is 17.7. The number of hydrogen-bond acceptors (Lipinski definition) is 4.